The Bertz CT molecular complexity index is 431. The first-order chi connectivity index (χ1) is 8.41. The Labute approximate surface area is 119 Å². The van der Waals surface area contributed by atoms with Gasteiger partial charge in [0, 0.05) is 19.0 Å². The maximum absolute atomic E-state index is 12.2. The molecule has 0 atom stereocenters. The zero-order chi connectivity index (χ0) is 13.7. The highest BCUT2D eigenvalue weighted by Gasteiger charge is 2.20. The average molecular weight is 334 g/mol. The Hall–Kier alpha value is -0.880. The zero-order valence-corrected chi connectivity index (χ0v) is 12.8. The maximum atomic E-state index is 12.2. The fourth-order valence-electron chi connectivity index (χ4n) is 1.57. The van der Waals surface area contributed by atoms with Gasteiger partial charge in [-0.3, -0.25) is 9.59 Å². The van der Waals surface area contributed by atoms with Crippen LogP contribution in [-0.4, -0.2) is 34.5 Å². The Balaban J connectivity index is 2.67. The molecule has 18 heavy (non-hydrogen) atoms. The van der Waals surface area contributed by atoms with E-state index in [1.54, 1.807) is 11.0 Å². The van der Waals surface area contributed by atoms with Crippen molar-refractivity contribution in [2.24, 2.45) is 0 Å². The predicted octanol–water partition coefficient (Wildman–Crippen LogP) is 3.23. The summed E-state index contributed by atoms with van der Waals surface area (Å²) in [6, 6.07) is 3.68. The number of thiophene rings is 1. The van der Waals surface area contributed by atoms with Gasteiger partial charge in [0.15, 0.2) is 0 Å². The van der Waals surface area contributed by atoms with Crippen LogP contribution < -0.4 is 0 Å². The Morgan fingerprint density at radius 1 is 1.44 bits per heavy atom. The Morgan fingerprint density at radius 2 is 2.11 bits per heavy atom. The van der Waals surface area contributed by atoms with Crippen LogP contribution in [-0.2, 0) is 4.79 Å². The number of hydrogen-bond donors (Lipinski definition) is 1. The van der Waals surface area contributed by atoms with E-state index in [0.29, 0.717) is 17.8 Å². The van der Waals surface area contributed by atoms with Gasteiger partial charge in [-0.2, -0.15) is 0 Å². The van der Waals surface area contributed by atoms with E-state index >= 15 is 0 Å². The van der Waals surface area contributed by atoms with Crippen LogP contribution in [0.2, 0.25) is 0 Å². The van der Waals surface area contributed by atoms with Crippen molar-refractivity contribution in [3.05, 3.63) is 20.8 Å². The van der Waals surface area contributed by atoms with Crippen LogP contribution in [0.4, 0.5) is 0 Å². The number of hydrogen-bond acceptors (Lipinski definition) is 3. The summed E-state index contributed by atoms with van der Waals surface area (Å²) in [6.07, 6.45) is 0.566. The minimum Gasteiger partial charge on any atom is -0.481 e. The van der Waals surface area contributed by atoms with Gasteiger partial charge < -0.3 is 10.0 Å². The van der Waals surface area contributed by atoms with Gasteiger partial charge in [-0.15, -0.1) is 11.3 Å². The molecule has 0 saturated carbocycles. The minimum absolute atomic E-state index is 0.0360. The normalized spacial score (nSPS) is 10.7. The number of carboxylic acid groups (broad SMARTS) is 1. The summed E-state index contributed by atoms with van der Waals surface area (Å²) in [7, 11) is 0. The van der Waals surface area contributed by atoms with Crippen LogP contribution >= 0.6 is 27.3 Å². The van der Waals surface area contributed by atoms with Gasteiger partial charge >= 0.3 is 5.97 Å². The van der Waals surface area contributed by atoms with Gasteiger partial charge in [-0.1, -0.05) is 0 Å². The molecule has 1 heterocycles. The van der Waals surface area contributed by atoms with E-state index in [4.69, 9.17) is 5.11 Å². The second kappa shape index (κ2) is 6.89. The number of rotatable bonds is 6. The Morgan fingerprint density at radius 3 is 2.56 bits per heavy atom. The number of amides is 1. The van der Waals surface area contributed by atoms with Gasteiger partial charge in [-0.05, 0) is 48.3 Å². The summed E-state index contributed by atoms with van der Waals surface area (Å²) in [5.41, 5.74) is 0. The van der Waals surface area contributed by atoms with Gasteiger partial charge in [-0.25, -0.2) is 0 Å². The van der Waals surface area contributed by atoms with E-state index in [0.717, 1.165) is 3.79 Å². The van der Waals surface area contributed by atoms with E-state index in [1.807, 2.05) is 19.9 Å². The van der Waals surface area contributed by atoms with Crippen molar-refractivity contribution in [1.82, 2.24) is 4.90 Å². The molecule has 0 aliphatic heterocycles. The molecule has 0 aliphatic carbocycles. The van der Waals surface area contributed by atoms with Crippen LogP contribution in [0.25, 0.3) is 0 Å². The first kappa shape index (κ1) is 15.2. The molecule has 0 saturated heterocycles. The van der Waals surface area contributed by atoms with Crippen LogP contribution in [0.3, 0.4) is 0 Å². The minimum atomic E-state index is -0.829. The van der Waals surface area contributed by atoms with Crippen LogP contribution in [0.1, 0.15) is 36.4 Å². The van der Waals surface area contributed by atoms with Crippen molar-refractivity contribution in [1.29, 1.82) is 0 Å². The molecule has 0 radical (unpaired) electrons. The molecule has 1 aromatic rings. The molecular formula is C12H16BrNO3S. The highest BCUT2D eigenvalue weighted by molar-refractivity contribution is 9.11. The van der Waals surface area contributed by atoms with E-state index in [1.165, 1.54) is 11.3 Å². The van der Waals surface area contributed by atoms with Gasteiger partial charge in [0.2, 0.25) is 0 Å². The molecule has 6 heteroatoms. The number of carbonyl (C=O) groups excluding carboxylic acids is 1. The number of halogens is 1. The molecule has 0 aliphatic rings. The molecule has 4 nitrogen and oxygen atoms in total. The third-order valence-electron chi connectivity index (χ3n) is 2.46. The molecule has 0 unspecified atom stereocenters. The van der Waals surface area contributed by atoms with E-state index in [2.05, 4.69) is 15.9 Å². The van der Waals surface area contributed by atoms with E-state index in [9.17, 15) is 9.59 Å². The molecule has 1 aromatic heterocycles. The lowest BCUT2D eigenvalue weighted by Gasteiger charge is -2.26. The lowest BCUT2D eigenvalue weighted by atomic mass is 10.2. The number of nitrogens with zero attached hydrogens (tertiary/aromatic N) is 1. The first-order valence-corrected chi connectivity index (χ1v) is 7.31. The lowest BCUT2D eigenvalue weighted by molar-refractivity contribution is -0.137. The SMILES string of the molecule is CC(C)N(CCCC(=O)O)C(=O)c1ccc(Br)s1. The average Bonchev–Trinajstić information content (AvgIpc) is 2.69. The zero-order valence-electron chi connectivity index (χ0n) is 10.4. The largest absolute Gasteiger partial charge is 0.481 e. The molecular weight excluding hydrogens is 318 g/mol. The quantitative estimate of drug-likeness (QED) is 0.869. The van der Waals surface area contributed by atoms with Crippen molar-refractivity contribution < 1.29 is 14.7 Å². The molecule has 1 N–H and O–H groups in total. The van der Waals surface area contributed by atoms with Gasteiger partial charge in [0.05, 0.1) is 8.66 Å². The highest BCUT2D eigenvalue weighted by Crippen LogP contribution is 2.24. The van der Waals surface area contributed by atoms with Crippen molar-refractivity contribution in [2.45, 2.75) is 32.7 Å². The van der Waals surface area contributed by atoms with Crippen LogP contribution in [0, 0.1) is 0 Å². The monoisotopic (exact) mass is 333 g/mol. The summed E-state index contributed by atoms with van der Waals surface area (Å²) in [5, 5.41) is 8.62. The number of carbonyl (C=O) groups is 2. The van der Waals surface area contributed by atoms with Gasteiger partial charge in [0.1, 0.15) is 0 Å². The summed E-state index contributed by atoms with van der Waals surface area (Å²) < 4.78 is 0.917. The standard InChI is InChI=1S/C12H16BrNO3S/c1-8(2)14(7-3-4-11(15)16)12(17)9-5-6-10(13)18-9/h5-6,8H,3-4,7H2,1-2H3,(H,15,16). The van der Waals surface area contributed by atoms with Crippen LogP contribution in [0.5, 0.6) is 0 Å². The summed E-state index contributed by atoms with van der Waals surface area (Å²) in [5.74, 6) is -0.865. The molecule has 1 amide bonds. The van der Waals surface area contributed by atoms with Crippen LogP contribution in [0.15, 0.2) is 15.9 Å². The topological polar surface area (TPSA) is 57.6 Å². The lowest BCUT2D eigenvalue weighted by Crippen LogP contribution is -2.37. The molecule has 0 fully saturated rings. The molecule has 0 spiro atoms. The third kappa shape index (κ3) is 4.42. The van der Waals surface area contributed by atoms with Crippen molar-refractivity contribution in [3.63, 3.8) is 0 Å². The predicted molar refractivity (Wildman–Crippen MR) is 75.1 cm³/mol. The molecule has 100 valence electrons. The Kier molecular flexibility index (Phi) is 5.81. The number of carboxylic acids is 1. The molecule has 0 bridgehead atoms. The molecule has 1 rings (SSSR count). The second-order valence-electron chi connectivity index (χ2n) is 4.19. The maximum Gasteiger partial charge on any atom is 0.303 e. The summed E-state index contributed by atoms with van der Waals surface area (Å²) in [4.78, 5) is 25.1. The summed E-state index contributed by atoms with van der Waals surface area (Å²) in [6.45, 7) is 4.33. The molecule has 0 aromatic carbocycles. The highest BCUT2D eigenvalue weighted by atomic mass is 79.9. The fraction of sp³-hybridized carbons (Fsp3) is 0.500. The fourth-order valence-corrected chi connectivity index (χ4v) is 2.91. The first-order valence-electron chi connectivity index (χ1n) is 5.70. The van der Waals surface area contributed by atoms with E-state index < -0.39 is 5.97 Å². The van der Waals surface area contributed by atoms with Gasteiger partial charge in [0.25, 0.3) is 5.91 Å². The van der Waals surface area contributed by atoms with Crippen molar-refractivity contribution in [2.75, 3.05) is 6.54 Å². The smallest absolute Gasteiger partial charge is 0.303 e. The van der Waals surface area contributed by atoms with Crippen molar-refractivity contribution in [3.8, 4) is 0 Å². The second-order valence-corrected chi connectivity index (χ2v) is 6.66. The summed E-state index contributed by atoms with van der Waals surface area (Å²) >= 11 is 4.72. The number of aliphatic carboxylic acids is 1. The third-order valence-corrected chi connectivity index (χ3v) is 4.07. The van der Waals surface area contributed by atoms with Crippen molar-refractivity contribution >= 4 is 39.1 Å². The van der Waals surface area contributed by atoms with E-state index in [-0.39, 0.29) is 18.4 Å².